The lowest BCUT2D eigenvalue weighted by Crippen LogP contribution is -2.03. The van der Waals surface area contributed by atoms with E-state index in [1.54, 1.807) is 0 Å². The summed E-state index contributed by atoms with van der Waals surface area (Å²) >= 11 is 0. The Morgan fingerprint density at radius 2 is 1.85 bits per heavy atom. The Balaban J connectivity index is 2.03. The van der Waals surface area contributed by atoms with Gasteiger partial charge in [0.15, 0.2) is 5.78 Å². The number of ketones is 1. The van der Waals surface area contributed by atoms with Crippen molar-refractivity contribution in [2.24, 2.45) is 5.92 Å². The Hall–Kier alpha value is -1.89. The van der Waals surface area contributed by atoms with Crippen LogP contribution in [0, 0.1) is 5.92 Å². The first kappa shape index (κ1) is 11.9. The number of rotatable bonds is 1. The van der Waals surface area contributed by atoms with E-state index >= 15 is 0 Å². The van der Waals surface area contributed by atoms with Crippen LogP contribution in [0.1, 0.15) is 40.4 Å². The summed E-state index contributed by atoms with van der Waals surface area (Å²) in [5.41, 5.74) is 7.85. The summed E-state index contributed by atoms with van der Waals surface area (Å²) in [6, 6.07) is 12.8. The molecule has 0 amide bonds. The zero-order valence-electron chi connectivity index (χ0n) is 11.8. The summed E-state index contributed by atoms with van der Waals surface area (Å²) in [4.78, 5) is 12.4. The molecule has 1 unspecified atom stereocenters. The van der Waals surface area contributed by atoms with Crippen molar-refractivity contribution < 1.29 is 4.79 Å². The van der Waals surface area contributed by atoms with Crippen molar-refractivity contribution in [2.45, 2.75) is 32.6 Å². The molecule has 0 bridgehead atoms. The Labute approximate surface area is 119 Å². The number of fused-ring (bicyclic) bond motifs is 2. The monoisotopic (exact) mass is 262 g/mol. The SMILES string of the molecule is CC1Cc2c(cc3c(c2-c2ccccc2)CCC3)C1=O. The smallest absolute Gasteiger partial charge is 0.166 e. The van der Waals surface area contributed by atoms with E-state index in [0.717, 1.165) is 24.8 Å². The number of carbonyl (C=O) groups is 1. The molecule has 0 radical (unpaired) electrons. The van der Waals surface area contributed by atoms with Gasteiger partial charge in [-0.25, -0.2) is 0 Å². The molecule has 2 aliphatic carbocycles. The van der Waals surface area contributed by atoms with Crippen LogP contribution in [0.3, 0.4) is 0 Å². The Morgan fingerprint density at radius 3 is 2.65 bits per heavy atom. The fraction of sp³-hybridized carbons (Fsp3) is 0.316. The number of aryl methyl sites for hydroxylation is 1. The molecule has 0 fully saturated rings. The standard InChI is InChI=1S/C19H18O/c1-12-10-16-17(19(12)20)11-14-8-5-9-15(14)18(16)13-6-3-2-4-7-13/h2-4,6-7,11-12H,5,8-10H2,1H3. The van der Waals surface area contributed by atoms with E-state index in [9.17, 15) is 4.79 Å². The van der Waals surface area contributed by atoms with Crippen molar-refractivity contribution >= 4 is 5.78 Å². The normalized spacial score (nSPS) is 20.1. The van der Waals surface area contributed by atoms with Crippen LogP contribution in [-0.2, 0) is 19.3 Å². The molecule has 0 aromatic heterocycles. The van der Waals surface area contributed by atoms with Crippen LogP contribution in [0.4, 0.5) is 0 Å². The summed E-state index contributed by atoms with van der Waals surface area (Å²) in [5, 5.41) is 0. The Bertz CT molecular complexity index is 697. The van der Waals surface area contributed by atoms with Gasteiger partial charge in [0.2, 0.25) is 0 Å². The van der Waals surface area contributed by atoms with E-state index in [-0.39, 0.29) is 5.92 Å². The van der Waals surface area contributed by atoms with Gasteiger partial charge in [-0.2, -0.15) is 0 Å². The molecule has 2 aromatic carbocycles. The highest BCUT2D eigenvalue weighted by Gasteiger charge is 2.32. The van der Waals surface area contributed by atoms with E-state index in [1.807, 2.05) is 0 Å². The van der Waals surface area contributed by atoms with Gasteiger partial charge < -0.3 is 0 Å². The van der Waals surface area contributed by atoms with Gasteiger partial charge >= 0.3 is 0 Å². The van der Waals surface area contributed by atoms with Crippen molar-refractivity contribution in [1.29, 1.82) is 0 Å². The molecule has 2 aliphatic rings. The van der Waals surface area contributed by atoms with E-state index in [4.69, 9.17) is 0 Å². The first-order chi connectivity index (χ1) is 9.75. The lowest BCUT2D eigenvalue weighted by atomic mass is 9.89. The third-order valence-electron chi connectivity index (χ3n) is 4.79. The van der Waals surface area contributed by atoms with Gasteiger partial charge in [-0.1, -0.05) is 37.3 Å². The molecule has 0 saturated carbocycles. The highest BCUT2D eigenvalue weighted by Crippen LogP contribution is 2.41. The number of hydrogen-bond acceptors (Lipinski definition) is 1. The summed E-state index contributed by atoms with van der Waals surface area (Å²) in [5.74, 6) is 0.488. The number of Topliss-reactive ketones (excluding diaryl/α,β-unsaturated/α-hetero) is 1. The van der Waals surface area contributed by atoms with Crippen LogP contribution in [0.25, 0.3) is 11.1 Å². The fourth-order valence-electron chi connectivity index (χ4n) is 3.84. The van der Waals surface area contributed by atoms with Gasteiger partial charge in [-0.05, 0) is 59.6 Å². The van der Waals surface area contributed by atoms with Crippen LogP contribution in [-0.4, -0.2) is 5.78 Å². The number of hydrogen-bond donors (Lipinski definition) is 0. The third-order valence-corrected chi connectivity index (χ3v) is 4.79. The van der Waals surface area contributed by atoms with E-state index in [0.29, 0.717) is 5.78 Å². The molecule has 1 atom stereocenters. The first-order valence-corrected chi connectivity index (χ1v) is 7.53. The van der Waals surface area contributed by atoms with Gasteiger partial charge in [0, 0.05) is 11.5 Å². The molecule has 1 heteroatoms. The molecule has 0 heterocycles. The second-order valence-electron chi connectivity index (χ2n) is 6.10. The Kier molecular flexibility index (Phi) is 2.56. The predicted molar refractivity (Wildman–Crippen MR) is 81.1 cm³/mol. The van der Waals surface area contributed by atoms with E-state index in [2.05, 4.69) is 43.3 Å². The average molecular weight is 262 g/mol. The summed E-state index contributed by atoms with van der Waals surface area (Å²) in [7, 11) is 0. The van der Waals surface area contributed by atoms with Gasteiger partial charge in [0.25, 0.3) is 0 Å². The predicted octanol–water partition coefficient (Wildman–Crippen LogP) is 4.22. The van der Waals surface area contributed by atoms with Crippen molar-refractivity contribution in [3.05, 3.63) is 58.7 Å². The lowest BCUT2D eigenvalue weighted by Gasteiger charge is -2.14. The molecule has 100 valence electrons. The summed E-state index contributed by atoms with van der Waals surface area (Å²) < 4.78 is 0. The van der Waals surface area contributed by atoms with E-state index in [1.165, 1.54) is 34.2 Å². The van der Waals surface area contributed by atoms with Crippen LogP contribution >= 0.6 is 0 Å². The van der Waals surface area contributed by atoms with Gasteiger partial charge in [0.1, 0.15) is 0 Å². The minimum atomic E-state index is 0.148. The number of benzene rings is 2. The van der Waals surface area contributed by atoms with Gasteiger partial charge in [-0.3, -0.25) is 4.79 Å². The van der Waals surface area contributed by atoms with Crippen LogP contribution in [0.5, 0.6) is 0 Å². The van der Waals surface area contributed by atoms with Crippen LogP contribution in [0.2, 0.25) is 0 Å². The first-order valence-electron chi connectivity index (χ1n) is 7.53. The quantitative estimate of drug-likeness (QED) is 0.752. The summed E-state index contributed by atoms with van der Waals surface area (Å²) in [6.45, 7) is 2.06. The Morgan fingerprint density at radius 1 is 1.05 bits per heavy atom. The molecule has 1 nitrogen and oxygen atoms in total. The molecule has 2 aromatic rings. The molecule has 0 N–H and O–H groups in total. The molecule has 0 saturated heterocycles. The highest BCUT2D eigenvalue weighted by molar-refractivity contribution is 6.04. The second-order valence-corrected chi connectivity index (χ2v) is 6.10. The maximum absolute atomic E-state index is 12.4. The maximum atomic E-state index is 12.4. The zero-order chi connectivity index (χ0) is 13.7. The maximum Gasteiger partial charge on any atom is 0.166 e. The minimum Gasteiger partial charge on any atom is -0.294 e. The van der Waals surface area contributed by atoms with Crippen molar-refractivity contribution in [3.8, 4) is 11.1 Å². The lowest BCUT2D eigenvalue weighted by molar-refractivity contribution is 0.0946. The molecular weight excluding hydrogens is 244 g/mol. The van der Waals surface area contributed by atoms with Crippen molar-refractivity contribution in [1.82, 2.24) is 0 Å². The molecule has 4 rings (SSSR count). The zero-order valence-corrected chi connectivity index (χ0v) is 11.8. The van der Waals surface area contributed by atoms with E-state index < -0.39 is 0 Å². The number of carbonyl (C=O) groups excluding carboxylic acids is 1. The highest BCUT2D eigenvalue weighted by atomic mass is 16.1. The molecule has 20 heavy (non-hydrogen) atoms. The third kappa shape index (κ3) is 1.59. The molecule has 0 aliphatic heterocycles. The molecule has 0 spiro atoms. The minimum absolute atomic E-state index is 0.148. The molecular formula is C19H18O. The van der Waals surface area contributed by atoms with Crippen molar-refractivity contribution in [2.75, 3.05) is 0 Å². The van der Waals surface area contributed by atoms with Crippen LogP contribution < -0.4 is 0 Å². The van der Waals surface area contributed by atoms with Gasteiger partial charge in [-0.15, -0.1) is 0 Å². The van der Waals surface area contributed by atoms with Crippen molar-refractivity contribution in [3.63, 3.8) is 0 Å². The van der Waals surface area contributed by atoms with Crippen LogP contribution in [0.15, 0.2) is 36.4 Å². The summed E-state index contributed by atoms with van der Waals surface area (Å²) in [6.07, 6.45) is 4.42. The largest absolute Gasteiger partial charge is 0.294 e. The fourth-order valence-corrected chi connectivity index (χ4v) is 3.84. The van der Waals surface area contributed by atoms with Gasteiger partial charge in [0.05, 0.1) is 0 Å². The topological polar surface area (TPSA) is 17.1 Å². The average Bonchev–Trinajstić information content (AvgIpc) is 3.04. The second kappa shape index (κ2) is 4.31.